The van der Waals surface area contributed by atoms with E-state index in [-0.39, 0.29) is 17.7 Å². The van der Waals surface area contributed by atoms with Crippen LogP contribution in [0.3, 0.4) is 0 Å². The van der Waals surface area contributed by atoms with Gasteiger partial charge in [0.1, 0.15) is 11.9 Å². The number of carbonyl (C=O) groups excluding carboxylic acids is 1. The lowest BCUT2D eigenvalue weighted by Crippen LogP contribution is -2.42. The minimum absolute atomic E-state index is 0.0266. The Hall–Kier alpha value is -3.16. The first-order valence-corrected chi connectivity index (χ1v) is 8.87. The van der Waals surface area contributed by atoms with Crippen LogP contribution in [0.1, 0.15) is 34.8 Å². The summed E-state index contributed by atoms with van der Waals surface area (Å²) in [5.41, 5.74) is 1.16. The van der Waals surface area contributed by atoms with Gasteiger partial charge >= 0.3 is 0 Å². The first-order valence-electron chi connectivity index (χ1n) is 8.87. The Morgan fingerprint density at radius 2 is 2.00 bits per heavy atom. The van der Waals surface area contributed by atoms with Gasteiger partial charge in [0, 0.05) is 43.8 Å². The summed E-state index contributed by atoms with van der Waals surface area (Å²) in [6.45, 7) is 4.94. The molecule has 3 aromatic rings. The number of nitrogens with zero attached hydrogens (tertiary/aromatic N) is 4. The molecule has 0 aromatic carbocycles. The third-order valence-electron chi connectivity index (χ3n) is 4.45. The highest BCUT2D eigenvalue weighted by atomic mass is 16.5. The molecule has 140 valence electrons. The highest BCUT2D eigenvalue weighted by molar-refractivity contribution is 5.93. The zero-order valence-corrected chi connectivity index (χ0v) is 15.2. The van der Waals surface area contributed by atoms with E-state index in [0.717, 1.165) is 18.5 Å². The lowest BCUT2D eigenvalue weighted by atomic mass is 10.1. The quantitative estimate of drug-likeness (QED) is 0.698. The summed E-state index contributed by atoms with van der Waals surface area (Å²) in [7, 11) is 0. The predicted molar refractivity (Wildman–Crippen MR) is 95.3 cm³/mol. The van der Waals surface area contributed by atoms with Crippen molar-refractivity contribution in [1.29, 1.82) is 0 Å². The van der Waals surface area contributed by atoms with Gasteiger partial charge in [0.2, 0.25) is 11.6 Å². The van der Waals surface area contributed by atoms with Crippen LogP contribution in [-0.4, -0.2) is 45.1 Å². The van der Waals surface area contributed by atoms with E-state index in [0.29, 0.717) is 36.3 Å². The monoisotopic (exact) mass is 368 g/mol. The summed E-state index contributed by atoms with van der Waals surface area (Å²) in [5, 5.41) is 3.88. The van der Waals surface area contributed by atoms with Crippen LogP contribution in [0.15, 0.2) is 39.5 Å². The summed E-state index contributed by atoms with van der Waals surface area (Å²) in [4.78, 5) is 23.0. The van der Waals surface area contributed by atoms with Gasteiger partial charge < -0.3 is 18.6 Å². The first kappa shape index (κ1) is 17.3. The average molecular weight is 368 g/mol. The van der Waals surface area contributed by atoms with Crippen LogP contribution in [0.25, 0.3) is 11.5 Å². The maximum atomic E-state index is 12.6. The molecule has 1 fully saturated rings. The smallest absolute Gasteiger partial charge is 0.276 e. The SMILES string of the molecule is Cc1cc(OC2CCN(C(=O)c3cc(-c4ccco4)on3)CC2)nc(C)n1. The van der Waals surface area contributed by atoms with Crippen molar-refractivity contribution in [3.05, 3.63) is 47.7 Å². The van der Waals surface area contributed by atoms with Crippen LogP contribution in [0.2, 0.25) is 0 Å². The van der Waals surface area contributed by atoms with Crippen LogP contribution in [0.4, 0.5) is 0 Å². The Bertz CT molecular complexity index is 907. The van der Waals surface area contributed by atoms with Crippen molar-refractivity contribution >= 4 is 5.91 Å². The summed E-state index contributed by atoms with van der Waals surface area (Å²) in [5.74, 6) is 2.12. The number of carbonyl (C=O) groups is 1. The molecule has 0 spiro atoms. The second-order valence-electron chi connectivity index (χ2n) is 6.56. The van der Waals surface area contributed by atoms with Gasteiger partial charge in [-0.2, -0.15) is 4.98 Å². The second-order valence-corrected chi connectivity index (χ2v) is 6.56. The molecule has 0 aliphatic carbocycles. The van der Waals surface area contributed by atoms with Crippen molar-refractivity contribution in [3.8, 4) is 17.4 Å². The molecule has 0 radical (unpaired) electrons. The topological polar surface area (TPSA) is 94.5 Å². The molecule has 8 nitrogen and oxygen atoms in total. The molecule has 0 atom stereocenters. The van der Waals surface area contributed by atoms with E-state index in [4.69, 9.17) is 13.7 Å². The highest BCUT2D eigenvalue weighted by Gasteiger charge is 2.27. The summed E-state index contributed by atoms with van der Waals surface area (Å²) >= 11 is 0. The van der Waals surface area contributed by atoms with E-state index in [2.05, 4.69) is 15.1 Å². The standard InChI is InChI=1S/C19H20N4O4/c1-12-10-18(21-13(2)20-12)26-14-5-7-23(8-6-14)19(24)15-11-17(27-22-15)16-4-3-9-25-16/h3-4,9-11,14H,5-8H2,1-2H3. The maximum absolute atomic E-state index is 12.6. The second kappa shape index (κ2) is 7.22. The number of hydrogen-bond donors (Lipinski definition) is 0. The molecular formula is C19H20N4O4. The molecule has 3 aromatic heterocycles. The van der Waals surface area contributed by atoms with E-state index in [1.807, 2.05) is 19.9 Å². The number of amides is 1. The zero-order valence-electron chi connectivity index (χ0n) is 15.2. The van der Waals surface area contributed by atoms with E-state index in [9.17, 15) is 4.79 Å². The van der Waals surface area contributed by atoms with E-state index < -0.39 is 0 Å². The fourth-order valence-electron chi connectivity index (χ4n) is 3.16. The van der Waals surface area contributed by atoms with E-state index >= 15 is 0 Å². The van der Waals surface area contributed by atoms with Crippen LogP contribution < -0.4 is 4.74 Å². The molecule has 0 saturated carbocycles. The normalized spacial score (nSPS) is 15.1. The number of aryl methyl sites for hydroxylation is 2. The maximum Gasteiger partial charge on any atom is 0.276 e. The van der Waals surface area contributed by atoms with Crippen LogP contribution in [-0.2, 0) is 0 Å². The van der Waals surface area contributed by atoms with Crippen molar-refractivity contribution in [3.63, 3.8) is 0 Å². The van der Waals surface area contributed by atoms with Gasteiger partial charge in [-0.3, -0.25) is 4.79 Å². The van der Waals surface area contributed by atoms with Crippen LogP contribution >= 0.6 is 0 Å². The molecule has 4 rings (SSSR count). The van der Waals surface area contributed by atoms with E-state index in [1.165, 1.54) is 0 Å². The zero-order chi connectivity index (χ0) is 18.8. The van der Waals surface area contributed by atoms with Gasteiger partial charge in [-0.25, -0.2) is 4.98 Å². The number of ether oxygens (including phenoxy) is 1. The fraction of sp³-hybridized carbons (Fsp3) is 0.368. The molecule has 1 saturated heterocycles. The van der Waals surface area contributed by atoms with Crippen LogP contribution in [0, 0.1) is 13.8 Å². The lowest BCUT2D eigenvalue weighted by molar-refractivity contribution is 0.0578. The Morgan fingerprint density at radius 1 is 1.19 bits per heavy atom. The Morgan fingerprint density at radius 3 is 2.70 bits per heavy atom. The first-order chi connectivity index (χ1) is 13.1. The Labute approximate surface area is 156 Å². The summed E-state index contributed by atoms with van der Waals surface area (Å²) < 4.78 is 16.4. The third kappa shape index (κ3) is 3.84. The number of rotatable bonds is 4. The van der Waals surface area contributed by atoms with Crippen molar-refractivity contribution in [2.45, 2.75) is 32.8 Å². The van der Waals surface area contributed by atoms with Crippen molar-refractivity contribution in [2.75, 3.05) is 13.1 Å². The molecule has 27 heavy (non-hydrogen) atoms. The van der Waals surface area contributed by atoms with Crippen molar-refractivity contribution in [1.82, 2.24) is 20.0 Å². The van der Waals surface area contributed by atoms with Gasteiger partial charge in [0.15, 0.2) is 11.5 Å². The van der Waals surface area contributed by atoms with Gasteiger partial charge in [-0.05, 0) is 26.0 Å². The molecule has 0 unspecified atom stereocenters. The van der Waals surface area contributed by atoms with Gasteiger partial charge in [-0.1, -0.05) is 5.16 Å². The van der Waals surface area contributed by atoms with Gasteiger partial charge in [0.25, 0.3) is 5.91 Å². The molecular weight excluding hydrogens is 348 g/mol. The minimum Gasteiger partial charge on any atom is -0.474 e. The van der Waals surface area contributed by atoms with Gasteiger partial charge in [0.05, 0.1) is 6.26 Å². The Balaban J connectivity index is 1.35. The van der Waals surface area contributed by atoms with Gasteiger partial charge in [-0.15, -0.1) is 0 Å². The van der Waals surface area contributed by atoms with Crippen molar-refractivity contribution in [2.24, 2.45) is 0 Å². The number of likely N-dealkylation sites (tertiary alicyclic amines) is 1. The van der Waals surface area contributed by atoms with Crippen molar-refractivity contribution < 1.29 is 18.5 Å². The fourth-order valence-corrected chi connectivity index (χ4v) is 3.16. The predicted octanol–water partition coefficient (Wildman–Crippen LogP) is 3.03. The highest BCUT2D eigenvalue weighted by Crippen LogP contribution is 2.23. The number of aromatic nitrogens is 3. The summed E-state index contributed by atoms with van der Waals surface area (Å²) in [6.07, 6.45) is 3.04. The largest absolute Gasteiger partial charge is 0.474 e. The van der Waals surface area contributed by atoms with E-state index in [1.54, 1.807) is 29.4 Å². The number of hydrogen-bond acceptors (Lipinski definition) is 7. The lowest BCUT2D eigenvalue weighted by Gasteiger charge is -2.31. The molecule has 1 aliphatic rings. The average Bonchev–Trinajstić information content (AvgIpc) is 3.32. The molecule has 0 N–H and O–H groups in total. The van der Waals surface area contributed by atoms with Crippen LogP contribution in [0.5, 0.6) is 5.88 Å². The molecule has 8 heteroatoms. The molecule has 0 bridgehead atoms. The molecule has 4 heterocycles. The third-order valence-corrected chi connectivity index (χ3v) is 4.45. The number of piperidine rings is 1. The molecule has 1 aliphatic heterocycles. The Kier molecular flexibility index (Phi) is 4.62. The minimum atomic E-state index is -0.149. The molecule has 1 amide bonds. The summed E-state index contributed by atoms with van der Waals surface area (Å²) in [6, 6.07) is 6.95. The number of furan rings is 1.